The molecule has 0 fully saturated rings. The lowest BCUT2D eigenvalue weighted by Crippen LogP contribution is -1.87. The van der Waals surface area contributed by atoms with Gasteiger partial charge >= 0.3 is 0 Å². The highest BCUT2D eigenvalue weighted by Gasteiger charge is 1.91. The highest BCUT2D eigenvalue weighted by atomic mass is 16.5. The molecule has 0 saturated heterocycles. The topological polar surface area (TPSA) is 9.23 Å². The number of allylic oxidation sites excluding steroid dienone is 3. The Hall–Kier alpha value is -1.16. The van der Waals surface area contributed by atoms with Crippen molar-refractivity contribution in [2.24, 2.45) is 0 Å². The van der Waals surface area contributed by atoms with Crippen molar-refractivity contribution >= 4 is 0 Å². The number of hydrogen-bond donors (Lipinski definition) is 0. The third-order valence-electron chi connectivity index (χ3n) is 1.17. The Morgan fingerprint density at radius 2 is 2.20 bits per heavy atom. The van der Waals surface area contributed by atoms with Gasteiger partial charge < -0.3 is 4.74 Å². The van der Waals surface area contributed by atoms with E-state index in [1.165, 1.54) is 0 Å². The molecule has 0 aromatic carbocycles. The molecule has 0 radical (unpaired) electrons. The van der Waals surface area contributed by atoms with Crippen molar-refractivity contribution < 1.29 is 4.74 Å². The molecule has 0 aromatic rings. The molecule has 0 amide bonds. The Bertz CT molecular complexity index is 246. The molecule has 1 aliphatic carbocycles. The van der Waals surface area contributed by atoms with E-state index in [-0.39, 0.29) is 0 Å². The van der Waals surface area contributed by atoms with E-state index in [0.29, 0.717) is 6.61 Å². The van der Waals surface area contributed by atoms with Crippen LogP contribution in [0.1, 0.15) is 13.8 Å². The van der Waals surface area contributed by atoms with E-state index in [0.717, 1.165) is 11.3 Å². The quantitative estimate of drug-likeness (QED) is 0.526. The third kappa shape index (κ3) is 1.66. The van der Waals surface area contributed by atoms with Gasteiger partial charge in [0.05, 0.1) is 6.61 Å². The molecular weight excluding hydrogens is 124 g/mol. The lowest BCUT2D eigenvalue weighted by molar-refractivity contribution is 0.243. The van der Waals surface area contributed by atoms with Crippen LogP contribution in [0.4, 0.5) is 0 Å². The first-order valence-electron chi connectivity index (χ1n) is 3.36. The van der Waals surface area contributed by atoms with Crippen molar-refractivity contribution in [3.05, 3.63) is 34.9 Å². The average Bonchev–Trinajstić information content (AvgIpc) is 1.95. The molecule has 10 heavy (non-hydrogen) atoms. The van der Waals surface area contributed by atoms with Gasteiger partial charge in [0.1, 0.15) is 0 Å². The van der Waals surface area contributed by atoms with Crippen LogP contribution in [0.3, 0.4) is 0 Å². The fourth-order valence-corrected chi connectivity index (χ4v) is 0.684. The molecule has 52 valence electrons. The maximum atomic E-state index is 5.17. The molecule has 0 aliphatic heterocycles. The lowest BCUT2D eigenvalue weighted by atomic mass is 10.2. The van der Waals surface area contributed by atoms with E-state index in [4.69, 9.17) is 4.74 Å². The van der Waals surface area contributed by atoms with Crippen molar-refractivity contribution in [3.8, 4) is 0 Å². The molecule has 1 nitrogen and oxygen atoms in total. The summed E-state index contributed by atoms with van der Waals surface area (Å²) in [6.45, 7) is 4.62. The van der Waals surface area contributed by atoms with Crippen LogP contribution >= 0.6 is 0 Å². The highest BCUT2D eigenvalue weighted by molar-refractivity contribution is 5.27. The normalized spacial score (nSPS) is 14.6. The number of ether oxygens (including phenoxy) is 1. The predicted molar refractivity (Wildman–Crippen MR) is 40.5 cm³/mol. The largest absolute Gasteiger partial charge is 0.486 e. The maximum Gasteiger partial charge on any atom is 0.170 e. The minimum absolute atomic E-state index is 0.688. The van der Waals surface area contributed by atoms with Crippen molar-refractivity contribution in [1.82, 2.24) is 0 Å². The summed E-state index contributed by atoms with van der Waals surface area (Å²) >= 11 is 0. The van der Waals surface area contributed by atoms with Gasteiger partial charge in [-0.2, -0.15) is 0 Å². The molecule has 1 rings (SSSR count). The van der Waals surface area contributed by atoms with Crippen LogP contribution < -0.4 is 0 Å². The van der Waals surface area contributed by atoms with Gasteiger partial charge in [0.15, 0.2) is 5.76 Å². The molecule has 1 heteroatoms. The molecule has 0 bridgehead atoms. The summed E-state index contributed by atoms with van der Waals surface area (Å²) in [5.41, 5.74) is 6.91. The average molecular weight is 134 g/mol. The highest BCUT2D eigenvalue weighted by Crippen LogP contribution is 2.04. The summed E-state index contributed by atoms with van der Waals surface area (Å²) in [5.74, 6) is 0.771. The van der Waals surface area contributed by atoms with E-state index in [2.05, 4.69) is 11.5 Å². The molecule has 0 spiro atoms. The van der Waals surface area contributed by atoms with Crippen molar-refractivity contribution in [1.29, 1.82) is 0 Å². The van der Waals surface area contributed by atoms with Gasteiger partial charge in [-0.25, -0.2) is 0 Å². The summed E-state index contributed by atoms with van der Waals surface area (Å²) in [7, 11) is 0. The SMILES string of the molecule is CCOC1=C=C=C(C)C=C1. The minimum Gasteiger partial charge on any atom is -0.486 e. The predicted octanol–water partition coefficient (Wildman–Crippen LogP) is 2.18. The maximum absolute atomic E-state index is 5.17. The Balaban J connectivity index is 2.81. The van der Waals surface area contributed by atoms with Gasteiger partial charge in [-0.3, -0.25) is 0 Å². The Labute approximate surface area is 61.0 Å². The molecule has 1 aliphatic rings. The summed E-state index contributed by atoms with van der Waals surface area (Å²) in [6.07, 6.45) is 3.86. The van der Waals surface area contributed by atoms with E-state index < -0.39 is 0 Å². The van der Waals surface area contributed by atoms with E-state index >= 15 is 0 Å². The number of hydrogen-bond acceptors (Lipinski definition) is 1. The smallest absolute Gasteiger partial charge is 0.170 e. The fraction of sp³-hybridized carbons (Fsp3) is 0.333. The van der Waals surface area contributed by atoms with Crippen LogP contribution in [0.5, 0.6) is 0 Å². The summed E-state index contributed by atoms with van der Waals surface area (Å²) in [5, 5.41) is 0. The van der Waals surface area contributed by atoms with Crippen molar-refractivity contribution in [3.63, 3.8) is 0 Å². The first-order chi connectivity index (χ1) is 4.83. The molecule has 0 heterocycles. The van der Waals surface area contributed by atoms with Crippen LogP contribution in [-0.4, -0.2) is 6.61 Å². The second kappa shape index (κ2) is 3.12. The summed E-state index contributed by atoms with van der Waals surface area (Å²) < 4.78 is 5.17. The zero-order chi connectivity index (χ0) is 7.40. The standard InChI is InChI=1S/C9H10O/c1-3-10-9-6-4-8(2)5-7-9/h4,6H,3H2,1-2H3. The molecule has 0 aromatic heterocycles. The Kier molecular flexibility index (Phi) is 2.17. The second-order valence-electron chi connectivity index (χ2n) is 2.06. The van der Waals surface area contributed by atoms with Crippen LogP contribution in [0, 0.1) is 0 Å². The third-order valence-corrected chi connectivity index (χ3v) is 1.17. The fourth-order valence-electron chi connectivity index (χ4n) is 0.684. The molecule has 0 atom stereocenters. The lowest BCUT2D eigenvalue weighted by Gasteiger charge is -2.00. The molecule has 0 N–H and O–H groups in total. The Morgan fingerprint density at radius 1 is 1.40 bits per heavy atom. The molecule has 0 unspecified atom stereocenters. The van der Waals surface area contributed by atoms with Crippen molar-refractivity contribution in [2.45, 2.75) is 13.8 Å². The van der Waals surface area contributed by atoms with Gasteiger partial charge in [0, 0.05) is 0 Å². The van der Waals surface area contributed by atoms with E-state index in [9.17, 15) is 0 Å². The van der Waals surface area contributed by atoms with Gasteiger partial charge in [-0.05, 0) is 37.3 Å². The molecule has 0 saturated carbocycles. The minimum atomic E-state index is 0.688. The van der Waals surface area contributed by atoms with Crippen molar-refractivity contribution in [2.75, 3.05) is 6.61 Å². The van der Waals surface area contributed by atoms with Crippen LogP contribution in [-0.2, 0) is 4.74 Å². The number of rotatable bonds is 2. The zero-order valence-electron chi connectivity index (χ0n) is 6.27. The first kappa shape index (κ1) is 6.95. The van der Waals surface area contributed by atoms with E-state index in [1.54, 1.807) is 0 Å². The monoisotopic (exact) mass is 134 g/mol. The zero-order valence-corrected chi connectivity index (χ0v) is 6.27. The van der Waals surface area contributed by atoms with Crippen LogP contribution in [0.15, 0.2) is 34.9 Å². The first-order valence-corrected chi connectivity index (χ1v) is 3.36. The molecular formula is C9H10O. The van der Waals surface area contributed by atoms with Crippen LogP contribution in [0.2, 0.25) is 0 Å². The van der Waals surface area contributed by atoms with Gasteiger partial charge in [0.2, 0.25) is 0 Å². The van der Waals surface area contributed by atoms with Gasteiger partial charge in [-0.1, -0.05) is 5.73 Å². The van der Waals surface area contributed by atoms with Gasteiger partial charge in [-0.15, -0.1) is 0 Å². The van der Waals surface area contributed by atoms with Gasteiger partial charge in [0.25, 0.3) is 0 Å². The van der Waals surface area contributed by atoms with Crippen LogP contribution in [0.25, 0.3) is 0 Å². The summed E-state index contributed by atoms with van der Waals surface area (Å²) in [4.78, 5) is 0. The Morgan fingerprint density at radius 3 is 2.70 bits per heavy atom. The van der Waals surface area contributed by atoms with E-state index in [1.807, 2.05) is 26.0 Å². The summed E-state index contributed by atoms with van der Waals surface area (Å²) in [6, 6.07) is 0. The second-order valence-corrected chi connectivity index (χ2v) is 2.06.